The van der Waals surface area contributed by atoms with Crippen LogP contribution in [0.25, 0.3) is 0 Å². The third-order valence-electron chi connectivity index (χ3n) is 2.92. The lowest BCUT2D eigenvalue weighted by Crippen LogP contribution is -1.92. The van der Waals surface area contributed by atoms with Crippen molar-refractivity contribution in [1.29, 1.82) is 0 Å². The first-order chi connectivity index (χ1) is 10.8. The van der Waals surface area contributed by atoms with E-state index in [0.717, 1.165) is 44.9 Å². The van der Waals surface area contributed by atoms with E-state index in [1.807, 2.05) is 0 Å². The van der Waals surface area contributed by atoms with Crippen molar-refractivity contribution in [2.45, 2.75) is 58.3 Å². The quantitative estimate of drug-likeness (QED) is 0.335. The molecule has 0 aliphatic carbocycles. The fourth-order valence-electron chi connectivity index (χ4n) is 1.74. The molecule has 0 atom stereocenters. The maximum absolute atomic E-state index is 10.3. The molecule has 22 heavy (non-hydrogen) atoms. The van der Waals surface area contributed by atoms with Gasteiger partial charge in [0.05, 0.1) is 0 Å². The Bertz CT molecular complexity index is 398. The maximum Gasteiger partial charge on any atom is 0.303 e. The third-order valence-corrected chi connectivity index (χ3v) is 2.92. The van der Waals surface area contributed by atoms with Gasteiger partial charge in [-0.25, -0.2) is 0 Å². The molecule has 0 heterocycles. The lowest BCUT2D eigenvalue weighted by atomic mass is 10.2. The zero-order chi connectivity index (χ0) is 16.3. The van der Waals surface area contributed by atoms with Gasteiger partial charge in [0.2, 0.25) is 0 Å². The van der Waals surface area contributed by atoms with E-state index in [-0.39, 0.29) is 6.42 Å². The van der Waals surface area contributed by atoms with Crippen LogP contribution in [0, 0.1) is 0 Å². The summed E-state index contributed by atoms with van der Waals surface area (Å²) in [6.45, 7) is 2.14. The van der Waals surface area contributed by atoms with Crippen molar-refractivity contribution in [2.75, 3.05) is 0 Å². The van der Waals surface area contributed by atoms with Crippen molar-refractivity contribution < 1.29 is 9.90 Å². The van der Waals surface area contributed by atoms with Crippen LogP contribution in [0.1, 0.15) is 58.3 Å². The van der Waals surface area contributed by atoms with Gasteiger partial charge in [0, 0.05) is 6.42 Å². The first kappa shape index (κ1) is 20.2. The minimum atomic E-state index is -0.715. The molecular weight excluding hydrogens is 272 g/mol. The Hall–Kier alpha value is -1.83. The molecule has 0 radical (unpaired) electrons. The molecule has 0 aliphatic rings. The van der Waals surface area contributed by atoms with E-state index < -0.39 is 5.97 Å². The molecule has 0 aromatic rings. The van der Waals surface area contributed by atoms with Crippen LogP contribution in [-0.4, -0.2) is 11.1 Å². The van der Waals surface area contributed by atoms with Crippen LogP contribution in [0.2, 0.25) is 0 Å². The molecule has 2 heteroatoms. The highest BCUT2D eigenvalue weighted by Crippen LogP contribution is 1.99. The Labute approximate surface area is 135 Å². The van der Waals surface area contributed by atoms with E-state index in [2.05, 4.69) is 67.7 Å². The van der Waals surface area contributed by atoms with Crippen molar-refractivity contribution in [3.8, 4) is 0 Å². The number of allylic oxidation sites excluding steroid dienone is 10. The SMILES string of the molecule is CC/C=C\C/C=C/C/C=C/C/C=C\C/C=C/CCCC(=O)O. The second-order valence-electron chi connectivity index (χ2n) is 4.99. The number of rotatable bonds is 13. The Morgan fingerprint density at radius 3 is 1.55 bits per heavy atom. The number of hydrogen-bond donors (Lipinski definition) is 1. The summed E-state index contributed by atoms with van der Waals surface area (Å²) in [7, 11) is 0. The molecule has 0 aromatic heterocycles. The minimum Gasteiger partial charge on any atom is -0.481 e. The van der Waals surface area contributed by atoms with Gasteiger partial charge in [0.1, 0.15) is 0 Å². The van der Waals surface area contributed by atoms with E-state index in [9.17, 15) is 4.79 Å². The molecule has 0 saturated carbocycles. The van der Waals surface area contributed by atoms with Gasteiger partial charge in [-0.1, -0.05) is 67.7 Å². The van der Waals surface area contributed by atoms with Gasteiger partial charge in [-0.15, -0.1) is 0 Å². The summed E-state index contributed by atoms with van der Waals surface area (Å²) in [4.78, 5) is 10.3. The summed E-state index contributed by atoms with van der Waals surface area (Å²) in [6, 6.07) is 0. The Morgan fingerprint density at radius 2 is 1.14 bits per heavy atom. The predicted octanol–water partition coefficient (Wildman–Crippen LogP) is 5.99. The molecule has 0 bridgehead atoms. The fourth-order valence-corrected chi connectivity index (χ4v) is 1.74. The minimum absolute atomic E-state index is 0.258. The molecule has 0 spiro atoms. The Balaban J connectivity index is 3.46. The zero-order valence-corrected chi connectivity index (χ0v) is 13.8. The summed E-state index contributed by atoms with van der Waals surface area (Å²) >= 11 is 0. The molecule has 0 rings (SSSR count). The summed E-state index contributed by atoms with van der Waals surface area (Å²) in [6.07, 6.45) is 28.4. The van der Waals surface area contributed by atoms with E-state index in [1.165, 1.54) is 0 Å². The first-order valence-electron chi connectivity index (χ1n) is 8.24. The van der Waals surface area contributed by atoms with E-state index in [1.54, 1.807) is 0 Å². The number of carbonyl (C=O) groups is 1. The van der Waals surface area contributed by atoms with Gasteiger partial charge in [0.15, 0.2) is 0 Å². The molecular formula is C20H30O2. The number of carboxylic acids is 1. The van der Waals surface area contributed by atoms with Crippen molar-refractivity contribution in [3.05, 3.63) is 60.8 Å². The van der Waals surface area contributed by atoms with Crippen LogP contribution in [-0.2, 0) is 4.79 Å². The smallest absolute Gasteiger partial charge is 0.303 e. The van der Waals surface area contributed by atoms with Gasteiger partial charge in [-0.3, -0.25) is 4.79 Å². The second kappa shape index (κ2) is 17.2. The highest BCUT2D eigenvalue weighted by atomic mass is 16.4. The molecule has 0 unspecified atom stereocenters. The van der Waals surface area contributed by atoms with Crippen LogP contribution < -0.4 is 0 Å². The highest BCUT2D eigenvalue weighted by molar-refractivity contribution is 5.66. The van der Waals surface area contributed by atoms with Crippen LogP contribution in [0.15, 0.2) is 60.8 Å². The van der Waals surface area contributed by atoms with Gasteiger partial charge in [-0.2, -0.15) is 0 Å². The lowest BCUT2D eigenvalue weighted by Gasteiger charge is -1.89. The maximum atomic E-state index is 10.3. The average molecular weight is 302 g/mol. The first-order valence-corrected chi connectivity index (χ1v) is 8.24. The molecule has 0 aliphatic heterocycles. The third kappa shape index (κ3) is 18.2. The highest BCUT2D eigenvalue weighted by Gasteiger charge is 1.92. The van der Waals surface area contributed by atoms with E-state index in [4.69, 9.17) is 5.11 Å². The van der Waals surface area contributed by atoms with Gasteiger partial charge >= 0.3 is 5.97 Å². The fraction of sp³-hybridized carbons (Fsp3) is 0.450. The molecule has 2 nitrogen and oxygen atoms in total. The standard InChI is InChI=1S/C20H30O2/c1-2-3-4-5-6-7-8-9-10-11-12-13-14-15-16-17-18-19-20(21)22/h3-4,6-7,9-10,12-13,15-16H,2,5,8,11,14,17-19H2,1H3,(H,21,22)/b4-3-,7-6+,10-9+,13-12-,16-15+. The Kier molecular flexibility index (Phi) is 15.8. The predicted molar refractivity (Wildman–Crippen MR) is 95.9 cm³/mol. The number of carboxylic acid groups (broad SMARTS) is 1. The molecule has 0 aromatic carbocycles. The van der Waals surface area contributed by atoms with Crippen molar-refractivity contribution in [2.24, 2.45) is 0 Å². The largest absolute Gasteiger partial charge is 0.481 e. The van der Waals surface area contributed by atoms with Crippen LogP contribution >= 0.6 is 0 Å². The normalized spacial score (nSPS) is 12.8. The van der Waals surface area contributed by atoms with Crippen LogP contribution in [0.4, 0.5) is 0 Å². The van der Waals surface area contributed by atoms with Crippen LogP contribution in [0.5, 0.6) is 0 Å². The number of hydrogen-bond acceptors (Lipinski definition) is 1. The van der Waals surface area contributed by atoms with E-state index >= 15 is 0 Å². The summed E-state index contributed by atoms with van der Waals surface area (Å²) < 4.78 is 0. The van der Waals surface area contributed by atoms with Crippen molar-refractivity contribution >= 4 is 5.97 Å². The monoisotopic (exact) mass is 302 g/mol. The van der Waals surface area contributed by atoms with Crippen LogP contribution in [0.3, 0.4) is 0 Å². The van der Waals surface area contributed by atoms with Crippen molar-refractivity contribution in [3.63, 3.8) is 0 Å². The topological polar surface area (TPSA) is 37.3 Å². The van der Waals surface area contributed by atoms with Gasteiger partial charge in [-0.05, 0) is 44.9 Å². The van der Waals surface area contributed by atoms with E-state index in [0.29, 0.717) is 0 Å². The number of aliphatic carboxylic acids is 1. The molecule has 0 saturated heterocycles. The molecule has 0 amide bonds. The molecule has 122 valence electrons. The van der Waals surface area contributed by atoms with Gasteiger partial charge < -0.3 is 5.11 Å². The number of unbranched alkanes of at least 4 members (excludes halogenated alkanes) is 1. The lowest BCUT2D eigenvalue weighted by molar-refractivity contribution is -0.137. The molecule has 1 N–H and O–H groups in total. The van der Waals surface area contributed by atoms with Gasteiger partial charge in [0.25, 0.3) is 0 Å². The molecule has 0 fully saturated rings. The Morgan fingerprint density at radius 1 is 0.727 bits per heavy atom. The second-order valence-corrected chi connectivity index (χ2v) is 4.99. The summed E-state index contributed by atoms with van der Waals surface area (Å²) in [5, 5.41) is 8.49. The van der Waals surface area contributed by atoms with Crippen molar-refractivity contribution in [1.82, 2.24) is 0 Å². The summed E-state index contributed by atoms with van der Waals surface area (Å²) in [5.41, 5.74) is 0. The average Bonchev–Trinajstić information content (AvgIpc) is 2.50. The summed E-state index contributed by atoms with van der Waals surface area (Å²) in [5.74, 6) is -0.715. The zero-order valence-electron chi connectivity index (χ0n) is 13.8.